The first kappa shape index (κ1) is 16.8. The molecule has 1 aliphatic carbocycles. The maximum atomic E-state index is 13.9. The highest BCUT2D eigenvalue weighted by molar-refractivity contribution is 8.00. The van der Waals surface area contributed by atoms with Crippen LogP contribution in [0.4, 0.5) is 8.78 Å². The predicted molar refractivity (Wildman–Crippen MR) is 85.8 cm³/mol. The molecule has 1 saturated carbocycles. The average Bonchev–Trinajstić information content (AvgIpc) is 2.44. The Morgan fingerprint density at radius 2 is 1.90 bits per heavy atom. The molecule has 0 heterocycles. The van der Waals surface area contributed by atoms with Gasteiger partial charge in [0.25, 0.3) is 0 Å². The third kappa shape index (κ3) is 5.26. The van der Waals surface area contributed by atoms with E-state index in [1.807, 2.05) is 0 Å². The number of nitrogens with one attached hydrogen (secondary N) is 1. The minimum Gasteiger partial charge on any atom is -0.313 e. The van der Waals surface area contributed by atoms with Gasteiger partial charge in [-0.15, -0.1) is 11.8 Å². The summed E-state index contributed by atoms with van der Waals surface area (Å²) >= 11 is 1.58. The van der Waals surface area contributed by atoms with Gasteiger partial charge in [-0.3, -0.25) is 0 Å². The Hall–Kier alpha value is -0.610. The lowest BCUT2D eigenvalue weighted by Gasteiger charge is -2.30. The van der Waals surface area contributed by atoms with E-state index in [4.69, 9.17) is 0 Å². The lowest BCUT2D eigenvalue weighted by molar-refractivity contribution is 0.399. The molecule has 2 atom stereocenters. The largest absolute Gasteiger partial charge is 0.313 e. The van der Waals surface area contributed by atoms with Gasteiger partial charge in [0.2, 0.25) is 0 Å². The predicted octanol–water partition coefficient (Wildman–Crippen LogP) is 5.15. The van der Waals surface area contributed by atoms with Crippen LogP contribution in [0.25, 0.3) is 0 Å². The number of rotatable bonds is 5. The molecule has 118 valence electrons. The van der Waals surface area contributed by atoms with Crippen LogP contribution >= 0.6 is 11.8 Å². The summed E-state index contributed by atoms with van der Waals surface area (Å²) in [5, 5.41) is 3.99. The van der Waals surface area contributed by atoms with E-state index in [-0.39, 0.29) is 0 Å². The van der Waals surface area contributed by atoms with Crippen LogP contribution in [-0.4, -0.2) is 17.8 Å². The molecule has 2 unspecified atom stereocenters. The molecular weight excluding hydrogens is 288 g/mol. The van der Waals surface area contributed by atoms with E-state index in [0.717, 1.165) is 31.9 Å². The summed E-state index contributed by atoms with van der Waals surface area (Å²) in [6, 6.07) is 4.34. The van der Waals surface area contributed by atoms with E-state index in [0.29, 0.717) is 16.2 Å². The van der Waals surface area contributed by atoms with Crippen molar-refractivity contribution in [3.8, 4) is 0 Å². The molecule has 1 aromatic carbocycles. The monoisotopic (exact) mass is 313 g/mol. The van der Waals surface area contributed by atoms with Gasteiger partial charge >= 0.3 is 0 Å². The van der Waals surface area contributed by atoms with Gasteiger partial charge in [0, 0.05) is 22.3 Å². The van der Waals surface area contributed by atoms with Crippen molar-refractivity contribution in [3.05, 3.63) is 29.8 Å². The molecule has 0 amide bonds. The first-order valence-electron chi connectivity index (χ1n) is 8.05. The molecule has 1 fully saturated rings. The highest BCUT2D eigenvalue weighted by Gasteiger charge is 2.24. The molecule has 2 rings (SSSR count). The van der Waals surface area contributed by atoms with Gasteiger partial charge in [-0.1, -0.05) is 32.6 Å². The number of hydrogen-bond donors (Lipinski definition) is 1. The Morgan fingerprint density at radius 3 is 2.62 bits per heavy atom. The number of thioether (sulfide) groups is 1. The van der Waals surface area contributed by atoms with Crippen molar-refractivity contribution in [2.45, 2.75) is 68.1 Å². The van der Waals surface area contributed by atoms with Gasteiger partial charge < -0.3 is 5.32 Å². The van der Waals surface area contributed by atoms with Crippen molar-refractivity contribution >= 4 is 11.8 Å². The summed E-state index contributed by atoms with van der Waals surface area (Å²) in [5.41, 5.74) is 0. The highest BCUT2D eigenvalue weighted by Crippen LogP contribution is 2.34. The van der Waals surface area contributed by atoms with Gasteiger partial charge in [0.15, 0.2) is 0 Å². The summed E-state index contributed by atoms with van der Waals surface area (Å²) < 4.78 is 26.9. The second-order valence-corrected chi connectivity index (χ2v) is 7.06. The van der Waals surface area contributed by atoms with Gasteiger partial charge in [-0.05, 0) is 37.9 Å². The minimum absolute atomic E-state index is 0.372. The van der Waals surface area contributed by atoms with Gasteiger partial charge in [0.1, 0.15) is 11.6 Å². The van der Waals surface area contributed by atoms with Crippen molar-refractivity contribution in [2.75, 3.05) is 6.54 Å². The summed E-state index contributed by atoms with van der Waals surface area (Å²) in [5.74, 6) is -0.938. The molecule has 0 bridgehead atoms. The Labute approximate surface area is 130 Å². The van der Waals surface area contributed by atoms with Crippen molar-refractivity contribution in [3.63, 3.8) is 0 Å². The molecule has 1 N–H and O–H groups in total. The SMILES string of the molecule is CCCNC1CCCCCCC1Sc1ccc(F)cc1F. The van der Waals surface area contributed by atoms with Gasteiger partial charge in [0.05, 0.1) is 0 Å². The first-order chi connectivity index (χ1) is 10.2. The number of halogens is 2. The van der Waals surface area contributed by atoms with Crippen LogP contribution in [0, 0.1) is 11.6 Å². The topological polar surface area (TPSA) is 12.0 Å². The van der Waals surface area contributed by atoms with Crippen LogP contribution in [0.5, 0.6) is 0 Å². The maximum absolute atomic E-state index is 13.9. The van der Waals surface area contributed by atoms with Crippen LogP contribution in [-0.2, 0) is 0 Å². The molecule has 0 spiro atoms. The molecule has 0 saturated heterocycles. The Morgan fingerprint density at radius 1 is 1.14 bits per heavy atom. The van der Waals surface area contributed by atoms with Crippen molar-refractivity contribution in [1.29, 1.82) is 0 Å². The van der Waals surface area contributed by atoms with Gasteiger partial charge in [-0.25, -0.2) is 8.78 Å². The molecule has 4 heteroatoms. The Kier molecular flexibility index (Phi) is 6.97. The second kappa shape index (κ2) is 8.74. The van der Waals surface area contributed by atoms with E-state index in [2.05, 4.69) is 12.2 Å². The van der Waals surface area contributed by atoms with E-state index in [1.165, 1.54) is 31.7 Å². The van der Waals surface area contributed by atoms with Crippen LogP contribution in [0.1, 0.15) is 51.9 Å². The Bertz CT molecular complexity index is 437. The molecule has 1 aromatic rings. The van der Waals surface area contributed by atoms with Crippen molar-refractivity contribution in [2.24, 2.45) is 0 Å². The second-order valence-electron chi connectivity index (χ2n) is 5.78. The zero-order chi connectivity index (χ0) is 15.1. The fourth-order valence-corrected chi connectivity index (χ4v) is 4.21. The third-order valence-corrected chi connectivity index (χ3v) is 5.48. The lowest BCUT2D eigenvalue weighted by atomic mass is 9.96. The van der Waals surface area contributed by atoms with Crippen molar-refractivity contribution < 1.29 is 8.78 Å². The lowest BCUT2D eigenvalue weighted by Crippen LogP contribution is -2.39. The smallest absolute Gasteiger partial charge is 0.139 e. The molecule has 21 heavy (non-hydrogen) atoms. The molecule has 0 aromatic heterocycles. The normalized spacial score (nSPS) is 23.6. The van der Waals surface area contributed by atoms with Gasteiger partial charge in [-0.2, -0.15) is 0 Å². The third-order valence-electron chi connectivity index (χ3n) is 4.03. The fraction of sp³-hybridized carbons (Fsp3) is 0.647. The maximum Gasteiger partial charge on any atom is 0.139 e. The number of benzene rings is 1. The van der Waals surface area contributed by atoms with Crippen molar-refractivity contribution in [1.82, 2.24) is 5.32 Å². The summed E-state index contributed by atoms with van der Waals surface area (Å²) in [7, 11) is 0. The van der Waals surface area contributed by atoms with E-state index in [1.54, 1.807) is 17.8 Å². The van der Waals surface area contributed by atoms with Crippen LogP contribution in [0.3, 0.4) is 0 Å². The first-order valence-corrected chi connectivity index (χ1v) is 8.93. The average molecular weight is 313 g/mol. The molecule has 0 radical (unpaired) electrons. The number of hydrogen-bond acceptors (Lipinski definition) is 2. The zero-order valence-corrected chi connectivity index (χ0v) is 13.5. The van der Waals surface area contributed by atoms with E-state index in [9.17, 15) is 8.78 Å². The quantitative estimate of drug-likeness (QED) is 0.807. The summed E-state index contributed by atoms with van der Waals surface area (Å²) in [6.07, 6.45) is 8.37. The van der Waals surface area contributed by atoms with E-state index < -0.39 is 11.6 Å². The van der Waals surface area contributed by atoms with E-state index >= 15 is 0 Å². The molecule has 1 aliphatic rings. The fourth-order valence-electron chi connectivity index (χ4n) is 2.89. The molecular formula is C17H25F2NS. The molecule has 0 aliphatic heterocycles. The summed E-state index contributed by atoms with van der Waals surface area (Å²) in [4.78, 5) is 0.574. The Balaban J connectivity index is 2.07. The van der Waals surface area contributed by atoms with Crippen LogP contribution in [0.15, 0.2) is 23.1 Å². The standard InChI is InChI=1S/C17H25F2NS/c1-2-11-20-15-7-5-3-4-6-8-17(15)21-16-10-9-13(18)12-14(16)19/h9-10,12,15,17,20H,2-8,11H2,1H3. The minimum atomic E-state index is -0.504. The van der Waals surface area contributed by atoms with Crippen LogP contribution < -0.4 is 5.32 Å². The highest BCUT2D eigenvalue weighted by atomic mass is 32.2. The molecule has 1 nitrogen and oxygen atoms in total. The van der Waals surface area contributed by atoms with Crippen LogP contribution in [0.2, 0.25) is 0 Å². The zero-order valence-electron chi connectivity index (χ0n) is 12.7. The summed E-state index contributed by atoms with van der Waals surface area (Å²) in [6.45, 7) is 3.17.